The maximum atomic E-state index is 10.6. The zero-order valence-electron chi connectivity index (χ0n) is 12.2. The van der Waals surface area contributed by atoms with Crippen LogP contribution < -0.4 is 0 Å². The van der Waals surface area contributed by atoms with Crippen LogP contribution in [0.5, 0.6) is 11.5 Å². The fourth-order valence-electron chi connectivity index (χ4n) is 2.35. The molecule has 0 heterocycles. The lowest BCUT2D eigenvalue weighted by atomic mass is 10.0. The quantitative estimate of drug-likeness (QED) is 0.696. The monoisotopic (exact) mass is 308 g/mol. The van der Waals surface area contributed by atoms with Gasteiger partial charge in [0, 0.05) is 16.0 Å². The van der Waals surface area contributed by atoms with Crippen molar-refractivity contribution in [1.29, 1.82) is 0 Å². The largest absolute Gasteiger partial charge is 0.507 e. The van der Waals surface area contributed by atoms with Crippen molar-refractivity contribution in [3.8, 4) is 22.6 Å². The van der Waals surface area contributed by atoms with Gasteiger partial charge in [0.25, 0.3) is 0 Å². The molecule has 0 aliphatic heterocycles. The third-order valence-electron chi connectivity index (χ3n) is 3.38. The van der Waals surface area contributed by atoms with Gasteiger partial charge in [-0.3, -0.25) is 0 Å². The molecular weight excluding hydrogens is 292 g/mol. The molecule has 2 N–H and O–H groups in total. The van der Waals surface area contributed by atoms with Crippen molar-refractivity contribution in [3.05, 3.63) is 72.3 Å². The standard InChI is InChI=1S/C19H16O2S/c1-13-11-16(15-9-5-6-10-17(15)20)19(21)18(12-13)22-14-7-3-2-4-8-14/h2-12,20-21H,1H3. The fourth-order valence-corrected chi connectivity index (χ4v) is 3.34. The minimum absolute atomic E-state index is 0.166. The lowest BCUT2D eigenvalue weighted by Gasteiger charge is -2.12. The summed E-state index contributed by atoms with van der Waals surface area (Å²) < 4.78 is 0. The Morgan fingerprint density at radius 3 is 2.18 bits per heavy atom. The highest BCUT2D eigenvalue weighted by atomic mass is 32.2. The fraction of sp³-hybridized carbons (Fsp3) is 0.0526. The van der Waals surface area contributed by atoms with Crippen LogP contribution in [-0.4, -0.2) is 10.2 Å². The van der Waals surface area contributed by atoms with E-state index in [1.54, 1.807) is 18.2 Å². The van der Waals surface area contributed by atoms with E-state index in [0.717, 1.165) is 15.4 Å². The van der Waals surface area contributed by atoms with E-state index in [0.29, 0.717) is 11.1 Å². The van der Waals surface area contributed by atoms with Crippen molar-refractivity contribution in [1.82, 2.24) is 0 Å². The predicted molar refractivity (Wildman–Crippen MR) is 90.5 cm³/mol. The molecule has 22 heavy (non-hydrogen) atoms. The number of aromatic hydroxyl groups is 2. The van der Waals surface area contributed by atoms with Gasteiger partial charge in [-0.05, 0) is 42.8 Å². The van der Waals surface area contributed by atoms with Gasteiger partial charge in [-0.1, -0.05) is 48.2 Å². The Balaban J connectivity index is 2.08. The van der Waals surface area contributed by atoms with E-state index < -0.39 is 0 Å². The molecule has 0 amide bonds. The molecule has 0 saturated heterocycles. The molecule has 3 rings (SSSR count). The first-order valence-electron chi connectivity index (χ1n) is 7.00. The van der Waals surface area contributed by atoms with Crippen molar-refractivity contribution in [3.63, 3.8) is 0 Å². The first-order valence-corrected chi connectivity index (χ1v) is 7.81. The van der Waals surface area contributed by atoms with Crippen LogP contribution in [0.4, 0.5) is 0 Å². The zero-order valence-corrected chi connectivity index (χ0v) is 13.0. The average molecular weight is 308 g/mol. The van der Waals surface area contributed by atoms with Crippen LogP contribution in [0.3, 0.4) is 0 Å². The molecule has 110 valence electrons. The topological polar surface area (TPSA) is 40.5 Å². The number of para-hydroxylation sites is 1. The number of phenolic OH excluding ortho intramolecular Hbond substituents is 2. The molecule has 0 atom stereocenters. The number of phenols is 2. The zero-order chi connectivity index (χ0) is 15.5. The van der Waals surface area contributed by atoms with E-state index in [1.165, 1.54) is 11.8 Å². The second-order valence-electron chi connectivity index (χ2n) is 5.09. The molecule has 0 fully saturated rings. The van der Waals surface area contributed by atoms with Crippen LogP contribution in [0, 0.1) is 6.92 Å². The average Bonchev–Trinajstić information content (AvgIpc) is 2.52. The summed E-state index contributed by atoms with van der Waals surface area (Å²) in [6.45, 7) is 1.98. The van der Waals surface area contributed by atoms with E-state index >= 15 is 0 Å². The third-order valence-corrected chi connectivity index (χ3v) is 4.42. The van der Waals surface area contributed by atoms with Crippen LogP contribution in [0.2, 0.25) is 0 Å². The number of rotatable bonds is 3. The van der Waals surface area contributed by atoms with Crippen molar-refractivity contribution >= 4 is 11.8 Å². The minimum Gasteiger partial charge on any atom is -0.507 e. The first kappa shape index (κ1) is 14.5. The smallest absolute Gasteiger partial charge is 0.137 e. The summed E-state index contributed by atoms with van der Waals surface area (Å²) in [4.78, 5) is 1.84. The Labute approximate surface area is 134 Å². The lowest BCUT2D eigenvalue weighted by Crippen LogP contribution is -1.86. The van der Waals surface area contributed by atoms with Crippen LogP contribution in [-0.2, 0) is 0 Å². The summed E-state index contributed by atoms with van der Waals surface area (Å²) in [7, 11) is 0. The summed E-state index contributed by atoms with van der Waals surface area (Å²) in [5.74, 6) is 0.361. The lowest BCUT2D eigenvalue weighted by molar-refractivity contribution is 0.460. The van der Waals surface area contributed by atoms with Crippen LogP contribution in [0.15, 0.2) is 76.5 Å². The molecule has 0 unspecified atom stereocenters. The first-order chi connectivity index (χ1) is 10.6. The summed E-state index contributed by atoms with van der Waals surface area (Å²) >= 11 is 1.51. The van der Waals surface area contributed by atoms with Crippen molar-refractivity contribution < 1.29 is 10.2 Å². The van der Waals surface area contributed by atoms with E-state index in [1.807, 2.05) is 55.5 Å². The molecule has 0 bridgehead atoms. The highest BCUT2D eigenvalue weighted by molar-refractivity contribution is 7.99. The molecule has 0 saturated carbocycles. The Bertz CT molecular complexity index is 798. The van der Waals surface area contributed by atoms with E-state index in [4.69, 9.17) is 0 Å². The summed E-state index contributed by atoms with van der Waals surface area (Å²) in [6.07, 6.45) is 0. The number of aryl methyl sites for hydroxylation is 1. The second kappa shape index (κ2) is 6.16. The molecule has 3 aromatic carbocycles. The van der Waals surface area contributed by atoms with Gasteiger partial charge in [0.2, 0.25) is 0 Å². The Kier molecular flexibility index (Phi) is 4.07. The highest BCUT2D eigenvalue weighted by Gasteiger charge is 2.14. The Morgan fingerprint density at radius 1 is 0.773 bits per heavy atom. The number of benzene rings is 3. The molecule has 0 aromatic heterocycles. The SMILES string of the molecule is Cc1cc(Sc2ccccc2)c(O)c(-c2ccccc2O)c1. The summed E-state index contributed by atoms with van der Waals surface area (Å²) in [6, 6.07) is 20.8. The number of hydrogen-bond acceptors (Lipinski definition) is 3. The van der Waals surface area contributed by atoms with Gasteiger partial charge in [-0.2, -0.15) is 0 Å². The van der Waals surface area contributed by atoms with Crippen molar-refractivity contribution in [2.24, 2.45) is 0 Å². The summed E-state index contributed by atoms with van der Waals surface area (Å²) in [5, 5.41) is 20.7. The molecule has 2 nitrogen and oxygen atoms in total. The van der Waals surface area contributed by atoms with E-state index in [9.17, 15) is 10.2 Å². The number of hydrogen-bond donors (Lipinski definition) is 2. The predicted octanol–water partition coefficient (Wildman–Crippen LogP) is 5.22. The Morgan fingerprint density at radius 2 is 1.45 bits per heavy atom. The normalized spacial score (nSPS) is 10.6. The molecule has 0 spiro atoms. The summed E-state index contributed by atoms with van der Waals surface area (Å²) in [5.41, 5.74) is 2.32. The second-order valence-corrected chi connectivity index (χ2v) is 6.21. The van der Waals surface area contributed by atoms with Crippen LogP contribution in [0.25, 0.3) is 11.1 Å². The van der Waals surface area contributed by atoms with Gasteiger partial charge in [0.15, 0.2) is 0 Å². The maximum absolute atomic E-state index is 10.6. The molecule has 3 heteroatoms. The van der Waals surface area contributed by atoms with Gasteiger partial charge in [-0.15, -0.1) is 0 Å². The van der Waals surface area contributed by atoms with Crippen LogP contribution in [0.1, 0.15) is 5.56 Å². The third kappa shape index (κ3) is 2.95. The van der Waals surface area contributed by atoms with Crippen LogP contribution >= 0.6 is 11.8 Å². The minimum atomic E-state index is 0.166. The molecule has 3 aromatic rings. The molecule has 0 aliphatic rings. The van der Waals surface area contributed by atoms with Gasteiger partial charge in [0.05, 0.1) is 4.90 Å². The van der Waals surface area contributed by atoms with Gasteiger partial charge >= 0.3 is 0 Å². The molecule has 0 radical (unpaired) electrons. The highest BCUT2D eigenvalue weighted by Crippen LogP contribution is 2.43. The van der Waals surface area contributed by atoms with E-state index in [-0.39, 0.29) is 11.5 Å². The Hall–Kier alpha value is -2.39. The molecule has 0 aliphatic carbocycles. The van der Waals surface area contributed by atoms with Gasteiger partial charge in [-0.25, -0.2) is 0 Å². The van der Waals surface area contributed by atoms with Gasteiger partial charge < -0.3 is 10.2 Å². The van der Waals surface area contributed by atoms with Crippen molar-refractivity contribution in [2.45, 2.75) is 16.7 Å². The van der Waals surface area contributed by atoms with E-state index in [2.05, 4.69) is 0 Å². The van der Waals surface area contributed by atoms with Gasteiger partial charge in [0.1, 0.15) is 11.5 Å². The van der Waals surface area contributed by atoms with Crippen molar-refractivity contribution in [2.75, 3.05) is 0 Å². The maximum Gasteiger partial charge on any atom is 0.137 e. The molecular formula is C19H16O2S.